The zero-order valence-electron chi connectivity index (χ0n) is 12.8. The number of nitrogens with one attached hydrogen (secondary N) is 1. The number of anilines is 1. The van der Waals surface area contributed by atoms with Gasteiger partial charge in [-0.15, -0.1) is 0 Å². The standard InChI is InChI=1S/C15H26N4O/c1-4-12-10(2)14(19-16)18-15(17-12)13(20-3)11-8-6-5-7-9-11/h11,13H,4-9,16H2,1-3H3,(H,17,18,19). The molecule has 3 N–H and O–H groups in total. The third-order valence-electron chi connectivity index (χ3n) is 4.32. The van der Waals surface area contributed by atoms with Crippen molar-refractivity contribution < 1.29 is 4.74 Å². The van der Waals surface area contributed by atoms with Gasteiger partial charge in [-0.1, -0.05) is 26.2 Å². The highest BCUT2D eigenvalue weighted by Gasteiger charge is 2.28. The van der Waals surface area contributed by atoms with Crippen molar-refractivity contribution in [2.75, 3.05) is 12.5 Å². The molecule has 112 valence electrons. The Hall–Kier alpha value is -1.20. The minimum atomic E-state index is -0.0201. The number of nitrogen functional groups attached to an aromatic ring is 1. The van der Waals surface area contributed by atoms with Crippen molar-refractivity contribution in [3.05, 3.63) is 17.1 Å². The van der Waals surface area contributed by atoms with Gasteiger partial charge in [0, 0.05) is 18.4 Å². The maximum atomic E-state index is 5.72. The molecule has 0 aromatic carbocycles. The largest absolute Gasteiger partial charge is 0.373 e. The number of hydrogen-bond donors (Lipinski definition) is 2. The van der Waals surface area contributed by atoms with Gasteiger partial charge in [0.1, 0.15) is 11.9 Å². The van der Waals surface area contributed by atoms with Gasteiger partial charge in [-0.05, 0) is 32.1 Å². The Bertz CT molecular complexity index is 418. The van der Waals surface area contributed by atoms with Gasteiger partial charge in [0.25, 0.3) is 0 Å². The van der Waals surface area contributed by atoms with Crippen LogP contribution in [0.1, 0.15) is 62.2 Å². The normalized spacial score (nSPS) is 18.0. The van der Waals surface area contributed by atoms with E-state index in [2.05, 4.69) is 17.3 Å². The molecule has 1 unspecified atom stereocenters. The lowest BCUT2D eigenvalue weighted by molar-refractivity contribution is 0.0288. The summed E-state index contributed by atoms with van der Waals surface area (Å²) in [6.07, 6.45) is 7.13. The highest BCUT2D eigenvalue weighted by Crippen LogP contribution is 2.35. The fourth-order valence-electron chi connectivity index (χ4n) is 3.14. The molecule has 1 aromatic heterocycles. The smallest absolute Gasteiger partial charge is 0.160 e. The minimum Gasteiger partial charge on any atom is -0.373 e. The van der Waals surface area contributed by atoms with Gasteiger partial charge in [-0.2, -0.15) is 0 Å². The molecular weight excluding hydrogens is 252 g/mol. The predicted octanol–water partition coefficient (Wildman–Crippen LogP) is 2.90. The van der Waals surface area contributed by atoms with Gasteiger partial charge in [0.15, 0.2) is 5.82 Å². The number of hydrazine groups is 1. The summed E-state index contributed by atoms with van der Waals surface area (Å²) in [5.74, 6) is 7.59. The fourth-order valence-corrected chi connectivity index (χ4v) is 3.14. The molecule has 0 saturated heterocycles. The molecule has 20 heavy (non-hydrogen) atoms. The average Bonchev–Trinajstić information content (AvgIpc) is 2.50. The molecule has 1 atom stereocenters. The van der Waals surface area contributed by atoms with Crippen LogP contribution >= 0.6 is 0 Å². The van der Waals surface area contributed by atoms with Crippen LogP contribution < -0.4 is 11.3 Å². The van der Waals surface area contributed by atoms with Crippen LogP contribution in [0, 0.1) is 12.8 Å². The summed E-state index contributed by atoms with van der Waals surface area (Å²) < 4.78 is 5.72. The number of nitrogens with zero attached hydrogens (tertiary/aromatic N) is 2. The van der Waals surface area contributed by atoms with Crippen molar-refractivity contribution in [1.29, 1.82) is 0 Å². The van der Waals surface area contributed by atoms with Crippen LogP contribution in [0.5, 0.6) is 0 Å². The Labute approximate surface area is 121 Å². The fraction of sp³-hybridized carbons (Fsp3) is 0.733. The van der Waals surface area contributed by atoms with E-state index in [0.717, 1.165) is 23.5 Å². The molecule has 5 nitrogen and oxygen atoms in total. The van der Waals surface area contributed by atoms with E-state index in [1.807, 2.05) is 6.92 Å². The average molecular weight is 278 g/mol. The summed E-state index contributed by atoms with van der Waals surface area (Å²) in [4.78, 5) is 9.29. The summed E-state index contributed by atoms with van der Waals surface area (Å²) in [5, 5.41) is 0. The van der Waals surface area contributed by atoms with Crippen molar-refractivity contribution in [1.82, 2.24) is 9.97 Å². The quantitative estimate of drug-likeness (QED) is 0.640. The summed E-state index contributed by atoms with van der Waals surface area (Å²) in [6, 6.07) is 0. The Balaban J connectivity index is 2.33. The lowest BCUT2D eigenvalue weighted by atomic mass is 9.85. The number of nitrogens with two attached hydrogens (primary N) is 1. The number of aromatic nitrogens is 2. The Kier molecular flexibility index (Phi) is 5.31. The van der Waals surface area contributed by atoms with E-state index >= 15 is 0 Å². The van der Waals surface area contributed by atoms with Crippen molar-refractivity contribution in [3.63, 3.8) is 0 Å². The first-order valence-electron chi connectivity index (χ1n) is 7.58. The molecule has 1 aliphatic carbocycles. The van der Waals surface area contributed by atoms with E-state index in [4.69, 9.17) is 15.6 Å². The van der Waals surface area contributed by atoms with Crippen LogP contribution in [0.2, 0.25) is 0 Å². The van der Waals surface area contributed by atoms with Crippen molar-refractivity contribution >= 4 is 5.82 Å². The third-order valence-corrected chi connectivity index (χ3v) is 4.32. The molecule has 0 radical (unpaired) electrons. The molecule has 2 rings (SSSR count). The van der Waals surface area contributed by atoms with Crippen LogP contribution in [-0.2, 0) is 11.2 Å². The molecule has 0 aliphatic heterocycles. The lowest BCUT2D eigenvalue weighted by Gasteiger charge is -2.28. The van der Waals surface area contributed by atoms with E-state index in [0.29, 0.717) is 11.7 Å². The van der Waals surface area contributed by atoms with Gasteiger partial charge < -0.3 is 10.2 Å². The Morgan fingerprint density at radius 3 is 2.55 bits per heavy atom. The zero-order valence-corrected chi connectivity index (χ0v) is 12.8. The first-order chi connectivity index (χ1) is 9.71. The summed E-state index contributed by atoms with van der Waals surface area (Å²) in [7, 11) is 1.75. The van der Waals surface area contributed by atoms with E-state index < -0.39 is 0 Å². The second-order valence-corrected chi connectivity index (χ2v) is 5.55. The summed E-state index contributed by atoms with van der Waals surface area (Å²) in [6.45, 7) is 4.10. The molecule has 5 heteroatoms. The molecular formula is C15H26N4O. The molecule has 1 fully saturated rings. The third kappa shape index (κ3) is 3.10. The van der Waals surface area contributed by atoms with Crippen LogP contribution in [0.25, 0.3) is 0 Å². The SMILES string of the molecule is CCc1nc(C(OC)C2CCCCC2)nc(NN)c1C. The van der Waals surface area contributed by atoms with E-state index in [9.17, 15) is 0 Å². The predicted molar refractivity (Wildman–Crippen MR) is 80.3 cm³/mol. The van der Waals surface area contributed by atoms with Crippen LogP contribution in [0.4, 0.5) is 5.82 Å². The lowest BCUT2D eigenvalue weighted by Crippen LogP contribution is -2.22. The van der Waals surface area contributed by atoms with Gasteiger partial charge in [0.2, 0.25) is 0 Å². The Morgan fingerprint density at radius 1 is 1.30 bits per heavy atom. The first kappa shape index (κ1) is 15.2. The van der Waals surface area contributed by atoms with Crippen LogP contribution in [0.15, 0.2) is 0 Å². The number of rotatable bonds is 5. The molecule has 1 heterocycles. The van der Waals surface area contributed by atoms with Gasteiger partial charge in [-0.25, -0.2) is 15.8 Å². The minimum absolute atomic E-state index is 0.0201. The molecule has 1 aliphatic rings. The summed E-state index contributed by atoms with van der Waals surface area (Å²) >= 11 is 0. The maximum Gasteiger partial charge on any atom is 0.160 e. The van der Waals surface area contributed by atoms with E-state index in [1.54, 1.807) is 7.11 Å². The monoisotopic (exact) mass is 278 g/mol. The molecule has 1 aromatic rings. The number of aryl methyl sites for hydroxylation is 1. The van der Waals surface area contributed by atoms with Crippen molar-refractivity contribution in [2.45, 2.75) is 58.5 Å². The van der Waals surface area contributed by atoms with Crippen LogP contribution in [0.3, 0.4) is 0 Å². The van der Waals surface area contributed by atoms with Gasteiger partial charge in [-0.3, -0.25) is 0 Å². The van der Waals surface area contributed by atoms with Crippen molar-refractivity contribution in [2.24, 2.45) is 11.8 Å². The number of hydrogen-bond acceptors (Lipinski definition) is 5. The molecule has 0 amide bonds. The number of methoxy groups -OCH3 is 1. The summed E-state index contributed by atoms with van der Waals surface area (Å²) in [5.41, 5.74) is 4.75. The number of ether oxygens (including phenoxy) is 1. The van der Waals surface area contributed by atoms with Gasteiger partial charge in [0.05, 0.1) is 0 Å². The zero-order chi connectivity index (χ0) is 14.5. The highest BCUT2D eigenvalue weighted by atomic mass is 16.5. The topological polar surface area (TPSA) is 73.1 Å². The highest BCUT2D eigenvalue weighted by molar-refractivity contribution is 5.45. The molecule has 0 bridgehead atoms. The molecule has 1 saturated carbocycles. The second kappa shape index (κ2) is 6.99. The second-order valence-electron chi connectivity index (χ2n) is 5.55. The first-order valence-corrected chi connectivity index (χ1v) is 7.58. The van der Waals surface area contributed by atoms with Gasteiger partial charge >= 0.3 is 0 Å². The van der Waals surface area contributed by atoms with Crippen molar-refractivity contribution in [3.8, 4) is 0 Å². The van der Waals surface area contributed by atoms with E-state index in [-0.39, 0.29) is 6.10 Å². The van der Waals surface area contributed by atoms with E-state index in [1.165, 1.54) is 32.1 Å². The van der Waals surface area contributed by atoms with Crippen LogP contribution in [-0.4, -0.2) is 17.1 Å². The maximum absolute atomic E-state index is 5.72. The Morgan fingerprint density at radius 2 is 2.00 bits per heavy atom. The molecule has 0 spiro atoms.